The second kappa shape index (κ2) is 5.60. The van der Waals surface area contributed by atoms with E-state index in [1.807, 2.05) is 39.1 Å². The second-order valence-electron chi connectivity index (χ2n) is 6.21. The van der Waals surface area contributed by atoms with Gasteiger partial charge in [0, 0.05) is 22.8 Å². The van der Waals surface area contributed by atoms with Crippen molar-refractivity contribution < 1.29 is 9.59 Å². The van der Waals surface area contributed by atoms with Crippen molar-refractivity contribution >= 4 is 22.7 Å². The lowest BCUT2D eigenvalue weighted by molar-refractivity contribution is -0.124. The normalized spacial score (nSPS) is 13.0. The highest BCUT2D eigenvalue weighted by Gasteiger charge is 2.21. The van der Waals surface area contributed by atoms with Crippen molar-refractivity contribution in [3.8, 4) is 0 Å². The molecular weight excluding hydrogens is 266 g/mol. The van der Waals surface area contributed by atoms with Crippen LogP contribution < -0.4 is 10.6 Å². The van der Waals surface area contributed by atoms with Crippen LogP contribution in [-0.2, 0) is 4.79 Å². The molecule has 0 saturated carbocycles. The number of H-pyrrole nitrogens is 1. The first-order chi connectivity index (χ1) is 9.76. The highest BCUT2D eigenvalue weighted by Crippen LogP contribution is 2.14. The number of carbonyl (C=O) groups excluding carboxylic acids is 2. The average molecular weight is 287 g/mol. The molecular formula is C16H21N3O2. The van der Waals surface area contributed by atoms with Crippen LogP contribution in [0.4, 0.5) is 0 Å². The number of rotatable bonds is 3. The fraction of sp³-hybridized carbons (Fsp3) is 0.375. The predicted octanol–water partition coefficient (Wildman–Crippen LogP) is 2.20. The van der Waals surface area contributed by atoms with Gasteiger partial charge in [0.2, 0.25) is 5.91 Å². The third-order valence-electron chi connectivity index (χ3n) is 3.06. The lowest BCUT2D eigenvalue weighted by atomic mass is 10.1. The molecule has 0 spiro atoms. The van der Waals surface area contributed by atoms with Crippen LogP contribution in [0, 0.1) is 0 Å². The van der Waals surface area contributed by atoms with E-state index in [2.05, 4.69) is 15.6 Å². The molecule has 0 radical (unpaired) electrons. The fourth-order valence-corrected chi connectivity index (χ4v) is 2.01. The molecule has 0 aliphatic rings. The van der Waals surface area contributed by atoms with Crippen LogP contribution in [0.5, 0.6) is 0 Å². The van der Waals surface area contributed by atoms with Crippen molar-refractivity contribution in [2.45, 2.75) is 39.3 Å². The van der Waals surface area contributed by atoms with Crippen molar-refractivity contribution in [3.05, 3.63) is 36.0 Å². The van der Waals surface area contributed by atoms with Gasteiger partial charge in [-0.2, -0.15) is 0 Å². The van der Waals surface area contributed by atoms with Gasteiger partial charge in [0.1, 0.15) is 6.04 Å². The van der Waals surface area contributed by atoms with Gasteiger partial charge < -0.3 is 15.6 Å². The largest absolute Gasteiger partial charge is 0.361 e. The molecule has 2 rings (SSSR count). The molecule has 0 aliphatic carbocycles. The van der Waals surface area contributed by atoms with E-state index in [-0.39, 0.29) is 17.4 Å². The molecule has 21 heavy (non-hydrogen) atoms. The number of fused-ring (bicyclic) bond motifs is 1. The summed E-state index contributed by atoms with van der Waals surface area (Å²) in [7, 11) is 0. The van der Waals surface area contributed by atoms with E-state index in [9.17, 15) is 9.59 Å². The number of amides is 2. The highest BCUT2D eigenvalue weighted by atomic mass is 16.2. The van der Waals surface area contributed by atoms with Crippen molar-refractivity contribution in [1.29, 1.82) is 0 Å². The fourth-order valence-electron chi connectivity index (χ4n) is 2.01. The van der Waals surface area contributed by atoms with Crippen molar-refractivity contribution in [1.82, 2.24) is 15.6 Å². The van der Waals surface area contributed by atoms with Gasteiger partial charge in [-0.25, -0.2) is 0 Å². The summed E-state index contributed by atoms with van der Waals surface area (Å²) in [6.07, 6.45) is 1.83. The quantitative estimate of drug-likeness (QED) is 0.809. The molecule has 1 aromatic carbocycles. The molecule has 1 heterocycles. The average Bonchev–Trinajstić information content (AvgIpc) is 2.83. The minimum atomic E-state index is -0.587. The van der Waals surface area contributed by atoms with E-state index < -0.39 is 6.04 Å². The second-order valence-corrected chi connectivity index (χ2v) is 6.21. The summed E-state index contributed by atoms with van der Waals surface area (Å²) in [6, 6.07) is 6.76. The molecule has 2 amide bonds. The van der Waals surface area contributed by atoms with Crippen molar-refractivity contribution in [3.63, 3.8) is 0 Å². The zero-order valence-electron chi connectivity index (χ0n) is 12.8. The predicted molar refractivity (Wildman–Crippen MR) is 83.1 cm³/mol. The van der Waals surface area contributed by atoms with E-state index in [1.165, 1.54) is 0 Å². The van der Waals surface area contributed by atoms with Gasteiger partial charge in [-0.1, -0.05) is 6.07 Å². The minimum Gasteiger partial charge on any atom is -0.361 e. The Morgan fingerprint density at radius 2 is 1.90 bits per heavy atom. The molecule has 0 bridgehead atoms. The summed E-state index contributed by atoms with van der Waals surface area (Å²) in [4.78, 5) is 27.2. The molecule has 2 aromatic rings. The Labute approximate surface area is 124 Å². The van der Waals surface area contributed by atoms with Crippen molar-refractivity contribution in [2.24, 2.45) is 0 Å². The molecule has 5 heteroatoms. The van der Waals surface area contributed by atoms with Gasteiger partial charge in [-0.15, -0.1) is 0 Å². The number of nitrogens with one attached hydrogen (secondary N) is 3. The molecule has 0 aliphatic heterocycles. The van der Waals surface area contributed by atoms with Crippen LogP contribution in [0.3, 0.4) is 0 Å². The van der Waals surface area contributed by atoms with Gasteiger partial charge in [0.15, 0.2) is 0 Å². The Bertz CT molecular complexity index is 667. The monoisotopic (exact) mass is 287 g/mol. The van der Waals surface area contributed by atoms with Crippen LogP contribution in [0.1, 0.15) is 38.1 Å². The first kappa shape index (κ1) is 15.1. The Kier molecular flexibility index (Phi) is 4.02. The first-order valence-corrected chi connectivity index (χ1v) is 6.96. The van der Waals surface area contributed by atoms with Gasteiger partial charge in [-0.3, -0.25) is 9.59 Å². The molecule has 5 nitrogen and oxygen atoms in total. The zero-order valence-corrected chi connectivity index (χ0v) is 12.8. The molecule has 1 atom stereocenters. The van der Waals surface area contributed by atoms with Crippen LogP contribution in [0.15, 0.2) is 30.5 Å². The maximum atomic E-state index is 12.2. The maximum absolute atomic E-state index is 12.2. The molecule has 3 N–H and O–H groups in total. The molecule has 1 aromatic heterocycles. The molecule has 1 unspecified atom stereocenters. The standard InChI is InChI=1S/C16H21N3O2/c1-10(14(20)19-16(2,3)4)18-15(21)12-6-5-11-7-8-17-13(11)9-12/h5-10,17H,1-4H3,(H,18,21)(H,19,20). The summed E-state index contributed by atoms with van der Waals surface area (Å²) in [5, 5.41) is 6.60. The third-order valence-corrected chi connectivity index (χ3v) is 3.06. The molecule has 0 fully saturated rings. The van der Waals surface area contributed by atoms with Crippen LogP contribution in [0.2, 0.25) is 0 Å². The summed E-state index contributed by atoms with van der Waals surface area (Å²) in [5.74, 6) is -0.458. The SMILES string of the molecule is CC(NC(=O)c1ccc2cc[nH]c2c1)C(=O)NC(C)(C)C. The number of hydrogen-bond acceptors (Lipinski definition) is 2. The topological polar surface area (TPSA) is 74.0 Å². The molecule has 112 valence electrons. The maximum Gasteiger partial charge on any atom is 0.251 e. The lowest BCUT2D eigenvalue weighted by Crippen LogP contribution is -2.50. The van der Waals surface area contributed by atoms with Crippen LogP contribution in [-0.4, -0.2) is 28.4 Å². The Balaban J connectivity index is 2.04. The Hall–Kier alpha value is -2.30. The van der Waals surface area contributed by atoms with E-state index in [0.29, 0.717) is 5.56 Å². The number of aromatic nitrogens is 1. The van der Waals surface area contributed by atoms with E-state index in [4.69, 9.17) is 0 Å². The summed E-state index contributed by atoms with van der Waals surface area (Å²) >= 11 is 0. The Morgan fingerprint density at radius 1 is 1.19 bits per heavy atom. The number of carbonyl (C=O) groups is 2. The van der Waals surface area contributed by atoms with Gasteiger partial charge in [0.05, 0.1) is 0 Å². The van der Waals surface area contributed by atoms with Crippen LogP contribution in [0.25, 0.3) is 10.9 Å². The zero-order chi connectivity index (χ0) is 15.6. The highest BCUT2D eigenvalue weighted by molar-refractivity contribution is 6.00. The van der Waals surface area contributed by atoms with Gasteiger partial charge in [0.25, 0.3) is 5.91 Å². The number of hydrogen-bond donors (Lipinski definition) is 3. The Morgan fingerprint density at radius 3 is 2.57 bits per heavy atom. The van der Waals surface area contributed by atoms with Gasteiger partial charge in [-0.05, 0) is 51.3 Å². The number of aromatic amines is 1. The van der Waals surface area contributed by atoms with Crippen molar-refractivity contribution in [2.75, 3.05) is 0 Å². The smallest absolute Gasteiger partial charge is 0.251 e. The third kappa shape index (κ3) is 3.84. The van der Waals surface area contributed by atoms with Gasteiger partial charge >= 0.3 is 0 Å². The summed E-state index contributed by atoms with van der Waals surface area (Å²) in [5.41, 5.74) is 1.11. The van der Waals surface area contributed by atoms with Crippen LogP contribution >= 0.6 is 0 Å². The summed E-state index contributed by atoms with van der Waals surface area (Å²) < 4.78 is 0. The lowest BCUT2D eigenvalue weighted by Gasteiger charge is -2.23. The first-order valence-electron chi connectivity index (χ1n) is 6.96. The van der Waals surface area contributed by atoms with E-state index in [0.717, 1.165) is 10.9 Å². The minimum absolute atomic E-state index is 0.197. The molecule has 0 saturated heterocycles. The summed E-state index contributed by atoms with van der Waals surface area (Å²) in [6.45, 7) is 7.38. The van der Waals surface area contributed by atoms with E-state index in [1.54, 1.807) is 19.1 Å². The number of benzene rings is 1. The van der Waals surface area contributed by atoms with E-state index >= 15 is 0 Å².